The van der Waals surface area contributed by atoms with Crippen LogP contribution < -0.4 is 16.0 Å². The van der Waals surface area contributed by atoms with E-state index in [1.54, 1.807) is 0 Å². The zero-order chi connectivity index (χ0) is 11.7. The third kappa shape index (κ3) is 9.21. The van der Waals surface area contributed by atoms with Crippen LogP contribution in [0.2, 0.25) is 0 Å². The molecule has 0 rings (SSSR count). The Morgan fingerprint density at radius 1 is 1.20 bits per heavy atom. The molecule has 3 N–H and O–H groups in total. The summed E-state index contributed by atoms with van der Waals surface area (Å²) in [6, 6.07) is 0.148. The summed E-state index contributed by atoms with van der Waals surface area (Å²) in [5, 5.41) is 8.32. The van der Waals surface area contributed by atoms with Crippen LogP contribution in [0.3, 0.4) is 0 Å². The van der Waals surface area contributed by atoms with Crippen LogP contribution in [-0.4, -0.2) is 37.5 Å². The van der Waals surface area contributed by atoms with Gasteiger partial charge in [0.1, 0.15) is 0 Å². The maximum atomic E-state index is 11.2. The van der Waals surface area contributed by atoms with Crippen LogP contribution >= 0.6 is 0 Å². The van der Waals surface area contributed by atoms with Crippen LogP contribution in [0, 0.1) is 0 Å². The van der Waals surface area contributed by atoms with Gasteiger partial charge in [0.2, 0.25) is 11.8 Å². The molecule has 88 valence electrons. The third-order valence-electron chi connectivity index (χ3n) is 1.66. The Balaban J connectivity index is 3.44. The summed E-state index contributed by atoms with van der Waals surface area (Å²) in [5.41, 5.74) is 0. The van der Waals surface area contributed by atoms with Crippen molar-refractivity contribution in [2.75, 3.05) is 19.6 Å². The highest BCUT2D eigenvalue weighted by Crippen LogP contribution is 1.82. The van der Waals surface area contributed by atoms with E-state index < -0.39 is 0 Å². The maximum Gasteiger partial charge on any atom is 0.233 e. The fourth-order valence-electron chi connectivity index (χ4n) is 1.01. The van der Waals surface area contributed by atoms with Gasteiger partial charge >= 0.3 is 0 Å². The summed E-state index contributed by atoms with van der Waals surface area (Å²) in [5.74, 6) is -0.108. The Morgan fingerprint density at radius 3 is 2.40 bits per heavy atom. The molecule has 0 aliphatic carbocycles. The first-order valence-electron chi connectivity index (χ1n) is 5.33. The van der Waals surface area contributed by atoms with Gasteiger partial charge in [-0.1, -0.05) is 6.92 Å². The monoisotopic (exact) mass is 215 g/mol. The predicted octanol–water partition coefficient (Wildman–Crippen LogP) is -0.373. The summed E-state index contributed by atoms with van der Waals surface area (Å²) in [6.45, 7) is 7.21. The number of hydrogen-bond acceptors (Lipinski definition) is 3. The van der Waals surface area contributed by atoms with Crippen molar-refractivity contribution < 1.29 is 9.59 Å². The molecule has 0 unspecified atom stereocenters. The molecule has 0 saturated carbocycles. The lowest BCUT2D eigenvalue weighted by atomic mass is 10.3. The molecule has 2 amide bonds. The Labute approximate surface area is 91.0 Å². The van der Waals surface area contributed by atoms with Crippen molar-refractivity contribution in [3.05, 3.63) is 0 Å². The minimum absolute atomic E-state index is 0.0336. The molecule has 0 spiro atoms. The highest BCUT2D eigenvalue weighted by Gasteiger charge is 2.04. The van der Waals surface area contributed by atoms with Crippen LogP contribution in [0.4, 0.5) is 0 Å². The quantitative estimate of drug-likeness (QED) is 0.542. The molecule has 15 heavy (non-hydrogen) atoms. The van der Waals surface area contributed by atoms with Crippen molar-refractivity contribution in [1.82, 2.24) is 16.0 Å². The molecule has 0 aromatic carbocycles. The number of hydrogen-bond donors (Lipinski definition) is 3. The van der Waals surface area contributed by atoms with Crippen LogP contribution in [0.15, 0.2) is 0 Å². The second kappa shape index (κ2) is 8.23. The van der Waals surface area contributed by atoms with Gasteiger partial charge in [-0.2, -0.15) is 0 Å². The van der Waals surface area contributed by atoms with E-state index in [-0.39, 0.29) is 17.9 Å². The molecule has 0 saturated heterocycles. The molecule has 0 fully saturated rings. The first-order chi connectivity index (χ1) is 7.06. The second-order valence-corrected chi connectivity index (χ2v) is 3.60. The topological polar surface area (TPSA) is 70.2 Å². The molecular formula is C10H21N3O2. The van der Waals surface area contributed by atoms with E-state index in [1.165, 1.54) is 0 Å². The van der Waals surface area contributed by atoms with Crippen molar-refractivity contribution in [2.24, 2.45) is 0 Å². The molecule has 0 aliphatic heterocycles. The summed E-state index contributed by atoms with van der Waals surface area (Å²) in [6.07, 6.45) is 0.329. The van der Waals surface area contributed by atoms with Gasteiger partial charge in [-0.05, 0) is 20.4 Å². The number of carbonyl (C=O) groups excluding carboxylic acids is 2. The number of amides is 2. The summed E-state index contributed by atoms with van der Waals surface area (Å²) < 4.78 is 0. The number of likely N-dealkylation sites (N-methyl/N-ethyl adjacent to an activating group) is 1. The number of carbonyl (C=O) groups is 2. The van der Waals surface area contributed by atoms with Crippen molar-refractivity contribution in [3.8, 4) is 0 Å². The van der Waals surface area contributed by atoms with Crippen molar-refractivity contribution in [3.63, 3.8) is 0 Å². The van der Waals surface area contributed by atoms with Crippen LogP contribution in [-0.2, 0) is 9.59 Å². The average molecular weight is 215 g/mol. The van der Waals surface area contributed by atoms with E-state index in [4.69, 9.17) is 0 Å². The normalized spacial score (nSPS) is 10.1. The Morgan fingerprint density at radius 2 is 1.87 bits per heavy atom. The van der Waals surface area contributed by atoms with Crippen molar-refractivity contribution >= 4 is 11.8 Å². The van der Waals surface area contributed by atoms with Gasteiger partial charge in [0, 0.05) is 19.0 Å². The lowest BCUT2D eigenvalue weighted by Crippen LogP contribution is -2.37. The van der Waals surface area contributed by atoms with Gasteiger partial charge in [0.25, 0.3) is 0 Å². The van der Waals surface area contributed by atoms with Gasteiger partial charge in [-0.3, -0.25) is 9.59 Å². The molecule has 0 atom stereocenters. The highest BCUT2D eigenvalue weighted by atomic mass is 16.2. The predicted molar refractivity (Wildman–Crippen MR) is 59.4 cm³/mol. The molecule has 0 bridgehead atoms. The highest BCUT2D eigenvalue weighted by molar-refractivity contribution is 5.80. The Kier molecular flexibility index (Phi) is 7.62. The van der Waals surface area contributed by atoms with E-state index in [9.17, 15) is 9.59 Å². The fraction of sp³-hybridized carbons (Fsp3) is 0.800. The zero-order valence-electron chi connectivity index (χ0n) is 9.72. The van der Waals surface area contributed by atoms with Crippen molar-refractivity contribution in [2.45, 2.75) is 33.2 Å². The van der Waals surface area contributed by atoms with E-state index >= 15 is 0 Å². The average Bonchev–Trinajstić information content (AvgIpc) is 2.13. The molecule has 0 radical (unpaired) electrons. The molecule has 0 aromatic rings. The van der Waals surface area contributed by atoms with Crippen LogP contribution in [0.25, 0.3) is 0 Å². The van der Waals surface area contributed by atoms with Crippen LogP contribution in [0.1, 0.15) is 27.2 Å². The van der Waals surface area contributed by atoms with Gasteiger partial charge in [-0.15, -0.1) is 0 Å². The maximum absolute atomic E-state index is 11.2. The van der Waals surface area contributed by atoms with Gasteiger partial charge in [-0.25, -0.2) is 0 Å². The lowest BCUT2D eigenvalue weighted by molar-refractivity contribution is -0.122. The minimum atomic E-state index is -0.0748. The molecule has 5 nitrogen and oxygen atoms in total. The molecule has 0 aliphatic rings. The second-order valence-electron chi connectivity index (χ2n) is 3.60. The smallest absolute Gasteiger partial charge is 0.233 e. The van der Waals surface area contributed by atoms with Gasteiger partial charge in [0.15, 0.2) is 0 Å². The summed E-state index contributed by atoms with van der Waals surface area (Å²) in [4.78, 5) is 22.3. The Hall–Kier alpha value is -1.10. The number of rotatable bonds is 7. The van der Waals surface area contributed by atoms with E-state index in [1.807, 2.05) is 20.8 Å². The van der Waals surface area contributed by atoms with E-state index in [0.29, 0.717) is 19.5 Å². The molecule has 0 heterocycles. The minimum Gasteiger partial charge on any atom is -0.354 e. The largest absolute Gasteiger partial charge is 0.354 e. The Bertz CT molecular complexity index is 205. The van der Waals surface area contributed by atoms with Gasteiger partial charge < -0.3 is 16.0 Å². The number of nitrogens with one attached hydrogen (secondary N) is 3. The summed E-state index contributed by atoms with van der Waals surface area (Å²) >= 11 is 0. The van der Waals surface area contributed by atoms with Crippen LogP contribution in [0.5, 0.6) is 0 Å². The van der Waals surface area contributed by atoms with E-state index in [0.717, 1.165) is 6.54 Å². The SMILES string of the molecule is CCNCC(=O)NCCC(=O)NC(C)C. The zero-order valence-corrected chi connectivity index (χ0v) is 9.72. The van der Waals surface area contributed by atoms with Gasteiger partial charge in [0.05, 0.1) is 6.54 Å². The standard InChI is InChI=1S/C10H21N3O2/c1-4-11-7-10(15)12-6-5-9(14)13-8(2)3/h8,11H,4-7H2,1-3H3,(H,12,15)(H,13,14). The fourth-order valence-corrected chi connectivity index (χ4v) is 1.01. The first kappa shape index (κ1) is 13.9. The summed E-state index contributed by atoms with van der Waals surface area (Å²) in [7, 11) is 0. The third-order valence-corrected chi connectivity index (χ3v) is 1.66. The van der Waals surface area contributed by atoms with E-state index in [2.05, 4.69) is 16.0 Å². The lowest BCUT2D eigenvalue weighted by Gasteiger charge is -2.08. The first-order valence-corrected chi connectivity index (χ1v) is 5.33. The molecular weight excluding hydrogens is 194 g/mol. The molecule has 0 aromatic heterocycles. The van der Waals surface area contributed by atoms with Crippen molar-refractivity contribution in [1.29, 1.82) is 0 Å². The molecule has 5 heteroatoms.